The third-order valence-corrected chi connectivity index (χ3v) is 3.92. The molecule has 0 spiro atoms. The molecule has 1 aromatic carbocycles. The molecule has 0 atom stereocenters. The van der Waals surface area contributed by atoms with Gasteiger partial charge in [-0.05, 0) is 0 Å². The molecule has 0 radical (unpaired) electrons. The summed E-state index contributed by atoms with van der Waals surface area (Å²) in [6.45, 7) is 0. The monoisotopic (exact) mass is 229 g/mol. The summed E-state index contributed by atoms with van der Waals surface area (Å²) in [6.07, 6.45) is 2.10. The van der Waals surface area contributed by atoms with Crippen LogP contribution in [0.3, 0.4) is 0 Å². The first-order valence-corrected chi connectivity index (χ1v) is 6.34. The average molecular weight is 228 g/mol. The second kappa shape index (κ2) is 3.02. The van der Waals surface area contributed by atoms with E-state index in [0.717, 1.165) is 0 Å². The number of rotatable bonds is 1. The van der Waals surface area contributed by atoms with Gasteiger partial charge < -0.3 is 0 Å². The van der Waals surface area contributed by atoms with Crippen LogP contribution in [-0.2, 0) is 0 Å². The van der Waals surface area contributed by atoms with Gasteiger partial charge in [0.2, 0.25) is 0 Å². The number of fused-ring (bicyclic) bond motifs is 1. The van der Waals surface area contributed by atoms with Crippen molar-refractivity contribution in [1.29, 1.82) is 0 Å². The normalized spacial score (nSPS) is 10.6. The van der Waals surface area contributed by atoms with E-state index in [1.165, 1.54) is 14.7 Å². The van der Waals surface area contributed by atoms with Crippen molar-refractivity contribution in [3.63, 3.8) is 0 Å². The van der Waals surface area contributed by atoms with Crippen LogP contribution in [0.4, 0.5) is 0 Å². The van der Waals surface area contributed by atoms with Gasteiger partial charge in [0, 0.05) is 0 Å². The third kappa shape index (κ3) is 1.36. The van der Waals surface area contributed by atoms with Crippen molar-refractivity contribution in [3.05, 3.63) is 23.3 Å². The fourth-order valence-electron chi connectivity index (χ4n) is 0.962. The van der Waals surface area contributed by atoms with Gasteiger partial charge in [-0.2, -0.15) is 0 Å². The van der Waals surface area contributed by atoms with Crippen molar-refractivity contribution >= 4 is 36.0 Å². The average Bonchev–Trinajstić information content (AvgIpc) is 2.50. The van der Waals surface area contributed by atoms with Gasteiger partial charge in [-0.25, -0.2) is 0 Å². The van der Waals surface area contributed by atoms with Crippen LogP contribution in [-0.4, -0.2) is 25.7 Å². The summed E-state index contributed by atoms with van der Waals surface area (Å²) in [5, 5.41) is 2.03. The van der Waals surface area contributed by atoms with Gasteiger partial charge in [-0.1, -0.05) is 0 Å². The van der Waals surface area contributed by atoms with E-state index >= 15 is 0 Å². The molecule has 56 valence electrons. The van der Waals surface area contributed by atoms with Crippen molar-refractivity contribution in [1.82, 2.24) is 4.98 Å². The summed E-state index contributed by atoms with van der Waals surface area (Å²) < 4.78 is 1.42. The first-order chi connectivity index (χ1) is 5.40. The maximum absolute atomic E-state index is 4.27. The molecule has 0 aliphatic carbocycles. The summed E-state index contributed by atoms with van der Waals surface area (Å²) in [4.78, 5) is 5.61. The minimum absolute atomic E-state index is 0.487. The predicted octanol–water partition coefficient (Wildman–Crippen LogP) is 2.01. The molecular weight excluding hydrogens is 221 g/mol. The Morgan fingerprint density at radius 2 is 2.36 bits per heavy atom. The second-order valence-electron chi connectivity index (χ2n) is 2.19. The molecule has 2 aromatic rings. The first-order valence-electron chi connectivity index (χ1n) is 3.27. The fraction of sp³-hybridized carbons (Fsp3) is 0.125. The van der Waals surface area contributed by atoms with Gasteiger partial charge in [0.05, 0.1) is 0 Å². The standard InChI is InChI=1S/C8H7NSSe/c1-10-6-2-3-7-8(4-6)11-5-9-7/h2-5H,1H3. The van der Waals surface area contributed by atoms with Gasteiger partial charge in [0.15, 0.2) is 0 Å². The first kappa shape index (κ1) is 7.41. The predicted molar refractivity (Wildman–Crippen MR) is 50.5 cm³/mol. The van der Waals surface area contributed by atoms with E-state index in [4.69, 9.17) is 0 Å². The molecule has 0 saturated carbocycles. The Kier molecular flexibility index (Phi) is 2.03. The Balaban J connectivity index is 2.67. The topological polar surface area (TPSA) is 12.9 Å². The molecule has 0 saturated heterocycles. The molecule has 11 heavy (non-hydrogen) atoms. The van der Waals surface area contributed by atoms with E-state index in [2.05, 4.69) is 29.4 Å². The van der Waals surface area contributed by atoms with Gasteiger partial charge in [-0.3, -0.25) is 0 Å². The molecule has 0 aliphatic rings. The Bertz CT molecular complexity index is 369. The van der Waals surface area contributed by atoms with Gasteiger partial charge >= 0.3 is 75.4 Å². The van der Waals surface area contributed by atoms with Crippen LogP contribution < -0.4 is 0 Å². The molecule has 3 heteroatoms. The SMILES string of the molecule is CSc1ccc2nc[se]c2c1. The van der Waals surface area contributed by atoms with Crippen LogP contribution in [0.2, 0.25) is 0 Å². The summed E-state index contributed by atoms with van der Waals surface area (Å²) in [7, 11) is 0. The van der Waals surface area contributed by atoms with Crippen molar-refractivity contribution in [2.45, 2.75) is 4.90 Å². The van der Waals surface area contributed by atoms with E-state index in [-0.39, 0.29) is 0 Å². The van der Waals surface area contributed by atoms with Gasteiger partial charge in [-0.15, -0.1) is 0 Å². The molecule has 1 aromatic heterocycles. The summed E-state index contributed by atoms with van der Waals surface area (Å²) in [6, 6.07) is 6.47. The number of hydrogen-bond acceptors (Lipinski definition) is 2. The molecular formula is C8H7NSSe. The van der Waals surface area contributed by atoms with Crippen LogP contribution in [0.15, 0.2) is 28.2 Å². The fourth-order valence-corrected chi connectivity index (χ4v) is 3.07. The number of hydrogen-bond donors (Lipinski definition) is 0. The second-order valence-corrected chi connectivity index (χ2v) is 4.93. The summed E-state index contributed by atoms with van der Waals surface area (Å²) >= 11 is 2.28. The van der Waals surface area contributed by atoms with Crippen LogP contribution in [0.25, 0.3) is 9.78 Å². The zero-order valence-electron chi connectivity index (χ0n) is 6.07. The Morgan fingerprint density at radius 3 is 3.18 bits per heavy atom. The molecule has 0 unspecified atom stereocenters. The number of aromatic nitrogens is 1. The van der Waals surface area contributed by atoms with Crippen molar-refractivity contribution in [3.8, 4) is 0 Å². The van der Waals surface area contributed by atoms with E-state index in [0.29, 0.717) is 14.5 Å². The molecule has 1 nitrogen and oxygen atoms in total. The van der Waals surface area contributed by atoms with Crippen molar-refractivity contribution in [2.75, 3.05) is 6.26 Å². The zero-order valence-corrected chi connectivity index (χ0v) is 8.60. The van der Waals surface area contributed by atoms with Crippen molar-refractivity contribution in [2.24, 2.45) is 0 Å². The molecule has 0 amide bonds. The van der Waals surface area contributed by atoms with E-state index in [1.807, 2.05) is 5.07 Å². The zero-order chi connectivity index (χ0) is 7.68. The molecule has 0 fully saturated rings. The summed E-state index contributed by atoms with van der Waals surface area (Å²) in [5.41, 5.74) is 1.17. The minimum atomic E-state index is 0.487. The number of nitrogens with zero attached hydrogens (tertiary/aromatic N) is 1. The number of benzene rings is 1. The molecule has 0 aliphatic heterocycles. The van der Waals surface area contributed by atoms with E-state index in [9.17, 15) is 0 Å². The van der Waals surface area contributed by atoms with Crippen LogP contribution >= 0.6 is 11.8 Å². The Labute approximate surface area is 75.6 Å². The number of thioether (sulfide) groups is 1. The van der Waals surface area contributed by atoms with Crippen LogP contribution in [0.5, 0.6) is 0 Å². The maximum atomic E-state index is 4.27. The van der Waals surface area contributed by atoms with E-state index < -0.39 is 0 Å². The third-order valence-electron chi connectivity index (χ3n) is 1.54. The Hall–Kier alpha value is -0.241. The Morgan fingerprint density at radius 1 is 1.45 bits per heavy atom. The van der Waals surface area contributed by atoms with Crippen molar-refractivity contribution < 1.29 is 0 Å². The molecule has 2 rings (SSSR count). The quantitative estimate of drug-likeness (QED) is 0.547. The van der Waals surface area contributed by atoms with Crippen LogP contribution in [0.1, 0.15) is 0 Å². The molecule has 1 heterocycles. The summed E-state index contributed by atoms with van der Waals surface area (Å²) in [5.74, 6) is 0. The van der Waals surface area contributed by atoms with Gasteiger partial charge in [0.25, 0.3) is 0 Å². The van der Waals surface area contributed by atoms with E-state index in [1.54, 1.807) is 11.8 Å². The molecule has 0 N–H and O–H groups in total. The van der Waals surface area contributed by atoms with Crippen LogP contribution in [0, 0.1) is 0 Å². The molecule has 0 bridgehead atoms. The van der Waals surface area contributed by atoms with Gasteiger partial charge in [0.1, 0.15) is 0 Å².